The van der Waals surface area contributed by atoms with Gasteiger partial charge in [0, 0.05) is 6.42 Å². The summed E-state index contributed by atoms with van der Waals surface area (Å²) in [7, 11) is 1.67. The highest BCUT2D eigenvalue weighted by Gasteiger charge is 2.46. The van der Waals surface area contributed by atoms with Gasteiger partial charge in [0.15, 0.2) is 12.0 Å². The van der Waals surface area contributed by atoms with Gasteiger partial charge in [0.25, 0.3) is 0 Å². The Balaban J connectivity index is 1.08. The molecule has 0 spiro atoms. The van der Waals surface area contributed by atoms with Gasteiger partial charge in [-0.05, 0) is 45.5 Å². The first kappa shape index (κ1) is 40.6. The Labute approximate surface area is 362 Å². The summed E-state index contributed by atoms with van der Waals surface area (Å²) in [4.78, 5) is 24.8. The van der Waals surface area contributed by atoms with Gasteiger partial charge < -0.3 is 34.1 Å². The second-order valence-electron chi connectivity index (χ2n) is 15.6. The van der Waals surface area contributed by atoms with Gasteiger partial charge >= 0.3 is 0 Å². The van der Waals surface area contributed by atoms with Crippen LogP contribution in [0.3, 0.4) is 0 Å². The minimum absolute atomic E-state index is 0.0260. The first-order chi connectivity index (χ1) is 30.6. The second kappa shape index (κ2) is 18.8. The number of carbonyl (C=O) groups excluding carboxylic acids is 1. The molecule has 6 aromatic carbocycles. The highest BCUT2D eigenvalue weighted by atomic mass is 16.5. The lowest BCUT2D eigenvalue weighted by atomic mass is 9.77. The summed E-state index contributed by atoms with van der Waals surface area (Å²) in [5, 5.41) is 7.51. The number of hydrogen-bond acceptors (Lipinski definition) is 9. The zero-order valence-corrected chi connectivity index (χ0v) is 34.5. The topological polar surface area (TPSA) is 108 Å². The maximum atomic E-state index is 14.7. The molecule has 1 aromatic heterocycles. The summed E-state index contributed by atoms with van der Waals surface area (Å²) in [6.45, 7) is 1.30. The molecule has 0 amide bonds. The molecule has 1 aliphatic carbocycles. The molecule has 0 saturated heterocycles. The lowest BCUT2D eigenvalue weighted by Crippen LogP contribution is -2.51. The number of methoxy groups -OCH3 is 1. The van der Waals surface area contributed by atoms with Crippen molar-refractivity contribution in [1.29, 1.82) is 0 Å². The Morgan fingerprint density at radius 3 is 1.74 bits per heavy atom. The van der Waals surface area contributed by atoms with Crippen LogP contribution in [0.1, 0.15) is 57.8 Å². The van der Waals surface area contributed by atoms with Crippen LogP contribution in [0.15, 0.2) is 187 Å². The molecule has 9 rings (SSSR count). The molecule has 2 heterocycles. The van der Waals surface area contributed by atoms with Gasteiger partial charge in [0.2, 0.25) is 5.96 Å². The van der Waals surface area contributed by atoms with Crippen LogP contribution < -0.4 is 15.4 Å². The number of benzene rings is 6. The molecule has 2 N–H and O–H groups in total. The normalized spacial score (nSPS) is 18.4. The maximum absolute atomic E-state index is 14.7. The number of Topliss-reactive ketones (excluding diaryl/α,β-unsaturated/α-hetero) is 1. The summed E-state index contributed by atoms with van der Waals surface area (Å²) in [6.07, 6.45) is 0.973. The Morgan fingerprint density at radius 1 is 0.661 bits per heavy atom. The van der Waals surface area contributed by atoms with Gasteiger partial charge in [-0.25, -0.2) is 9.98 Å². The monoisotopic (exact) mass is 823 g/mol. The van der Waals surface area contributed by atoms with E-state index in [0.717, 1.165) is 39.1 Å². The predicted octanol–water partition coefficient (Wildman–Crippen LogP) is 9.40. The third kappa shape index (κ3) is 8.67. The number of aliphatic imine (C=N–C) groups is 1. The molecule has 4 unspecified atom stereocenters. The van der Waals surface area contributed by atoms with Gasteiger partial charge in [-0.1, -0.05) is 164 Å². The number of nitrogens with zero attached hydrogens (tertiary/aromatic N) is 3. The van der Waals surface area contributed by atoms with Crippen LogP contribution in [0.4, 0.5) is 5.82 Å². The van der Waals surface area contributed by atoms with E-state index in [1.54, 1.807) is 13.4 Å². The number of anilines is 1. The van der Waals surface area contributed by atoms with Crippen molar-refractivity contribution >= 4 is 17.6 Å². The van der Waals surface area contributed by atoms with Crippen molar-refractivity contribution in [3.63, 3.8) is 0 Å². The summed E-state index contributed by atoms with van der Waals surface area (Å²) < 4.78 is 27.0. The van der Waals surface area contributed by atoms with Crippen molar-refractivity contribution in [2.24, 2.45) is 10.9 Å². The first-order valence-electron chi connectivity index (χ1n) is 21.0. The summed E-state index contributed by atoms with van der Waals surface area (Å²) in [5.41, 5.74) is 5.67. The standard InChI is InChI=1S/C52H49N5O5/c1-59-43-29-27-42(28-30-43)52(40-23-13-5-14-24-40,41-25-15-6-16-26-41)56-51-54-49-47(50(55-51)62-34-39-21-11-4-12-22-39)53-36-57(49)45-31-46(61-33-38-19-9-3-10-20-38)44(48(45)58)35-60-32-37-17-7-2-8-18-37/h2-30,36,44-46,50H,31-35H2,1H3,(H2,54,55,56). The highest BCUT2D eigenvalue weighted by Crippen LogP contribution is 2.42. The number of carbonyl (C=O) groups is 1. The highest BCUT2D eigenvalue weighted by molar-refractivity contribution is 5.97. The van der Waals surface area contributed by atoms with Crippen molar-refractivity contribution in [2.75, 3.05) is 19.0 Å². The average molecular weight is 824 g/mol. The molecule has 62 heavy (non-hydrogen) atoms. The number of ketones is 1. The van der Waals surface area contributed by atoms with Crippen LogP contribution in [0.25, 0.3) is 0 Å². The molecule has 1 aliphatic heterocycles. The van der Waals surface area contributed by atoms with E-state index in [9.17, 15) is 4.79 Å². The molecule has 2 aliphatic rings. The van der Waals surface area contributed by atoms with Gasteiger partial charge in [-0.2, -0.15) is 0 Å². The molecule has 0 radical (unpaired) electrons. The molecule has 4 atom stereocenters. The Bertz CT molecular complexity index is 2510. The fourth-order valence-electron chi connectivity index (χ4n) is 8.50. The molecular weight excluding hydrogens is 775 g/mol. The number of imidazole rings is 1. The Morgan fingerprint density at radius 2 is 1.18 bits per heavy atom. The second-order valence-corrected chi connectivity index (χ2v) is 15.6. The van der Waals surface area contributed by atoms with E-state index in [1.807, 2.05) is 144 Å². The minimum Gasteiger partial charge on any atom is -0.497 e. The number of rotatable bonds is 16. The minimum atomic E-state index is -0.937. The molecule has 1 saturated carbocycles. The van der Waals surface area contributed by atoms with Crippen molar-refractivity contribution in [3.8, 4) is 5.75 Å². The first-order valence-corrected chi connectivity index (χ1v) is 21.0. The van der Waals surface area contributed by atoms with E-state index >= 15 is 0 Å². The third-order valence-electron chi connectivity index (χ3n) is 11.7. The predicted molar refractivity (Wildman–Crippen MR) is 239 cm³/mol. The zero-order chi connectivity index (χ0) is 42.1. The SMILES string of the molecule is COc1ccc(C(NC2=NC(OCc3ccccc3)c3ncn(C4CC(OCc5ccccc5)C(COCc5ccccc5)C4=O)c3N2)(c2ccccc2)c2ccccc2)cc1. The fraction of sp³-hybridized carbons (Fsp3) is 0.212. The summed E-state index contributed by atoms with van der Waals surface area (Å²) >= 11 is 0. The average Bonchev–Trinajstić information content (AvgIpc) is 3.90. The molecule has 1 fully saturated rings. The fourth-order valence-corrected chi connectivity index (χ4v) is 8.50. The van der Waals surface area contributed by atoms with E-state index < -0.39 is 23.7 Å². The van der Waals surface area contributed by atoms with E-state index in [0.29, 0.717) is 43.7 Å². The van der Waals surface area contributed by atoms with Crippen LogP contribution >= 0.6 is 0 Å². The number of aromatic nitrogens is 2. The molecule has 312 valence electrons. The van der Waals surface area contributed by atoms with Crippen molar-refractivity contribution in [1.82, 2.24) is 14.9 Å². The number of ether oxygens (including phenoxy) is 4. The Kier molecular flexibility index (Phi) is 12.3. The van der Waals surface area contributed by atoms with Gasteiger partial charge in [-0.15, -0.1) is 0 Å². The zero-order valence-electron chi connectivity index (χ0n) is 34.5. The maximum Gasteiger partial charge on any atom is 0.201 e. The summed E-state index contributed by atoms with van der Waals surface area (Å²) in [5.74, 6) is 1.35. The van der Waals surface area contributed by atoms with Crippen molar-refractivity contribution < 1.29 is 23.7 Å². The van der Waals surface area contributed by atoms with Crippen molar-refractivity contribution in [3.05, 3.63) is 221 Å². The molecule has 10 nitrogen and oxygen atoms in total. The summed E-state index contributed by atoms with van der Waals surface area (Å²) in [6, 6.07) is 58.1. The van der Waals surface area contributed by atoms with Gasteiger partial charge in [-0.3, -0.25) is 4.79 Å². The van der Waals surface area contributed by atoms with Crippen LogP contribution in [-0.4, -0.2) is 41.1 Å². The third-order valence-corrected chi connectivity index (χ3v) is 11.7. The number of nitrogens with one attached hydrogen (secondary N) is 2. The quantitative estimate of drug-likeness (QED) is 0.0929. The molecular formula is C52H49N5O5. The van der Waals surface area contributed by atoms with Crippen molar-refractivity contribution in [2.45, 2.75) is 50.2 Å². The lowest BCUT2D eigenvalue weighted by Gasteiger charge is -2.39. The Hall–Kier alpha value is -6.85. The van der Waals surface area contributed by atoms with Crippen LogP contribution in [0, 0.1) is 5.92 Å². The van der Waals surface area contributed by atoms with E-state index in [4.69, 9.17) is 28.9 Å². The lowest BCUT2D eigenvalue weighted by molar-refractivity contribution is -0.128. The van der Waals surface area contributed by atoms with E-state index in [1.165, 1.54) is 0 Å². The van der Waals surface area contributed by atoms with E-state index in [-0.39, 0.29) is 18.5 Å². The van der Waals surface area contributed by atoms with Crippen LogP contribution in [-0.2, 0) is 44.4 Å². The van der Waals surface area contributed by atoms with Crippen LogP contribution in [0.2, 0.25) is 0 Å². The smallest absolute Gasteiger partial charge is 0.201 e. The van der Waals surface area contributed by atoms with Gasteiger partial charge in [0.05, 0.1) is 57.9 Å². The number of fused-ring (bicyclic) bond motifs is 1. The van der Waals surface area contributed by atoms with E-state index in [2.05, 4.69) is 47.0 Å². The molecule has 10 heteroatoms. The van der Waals surface area contributed by atoms with Gasteiger partial charge in [0.1, 0.15) is 22.8 Å². The molecule has 0 bridgehead atoms. The van der Waals surface area contributed by atoms with Crippen LogP contribution in [0.5, 0.6) is 5.75 Å². The molecule has 7 aromatic rings. The number of hydrogen-bond donors (Lipinski definition) is 2. The number of guanidine groups is 1. The largest absolute Gasteiger partial charge is 0.497 e.